The van der Waals surface area contributed by atoms with Gasteiger partial charge in [-0.15, -0.1) is 0 Å². The van der Waals surface area contributed by atoms with Crippen molar-refractivity contribution in [3.05, 3.63) is 34.4 Å². The fourth-order valence-corrected chi connectivity index (χ4v) is 2.83. The first kappa shape index (κ1) is 20.7. The number of nitrogens with zero attached hydrogens (tertiary/aromatic N) is 1. The average Bonchev–Trinajstić information content (AvgIpc) is 2.97. The van der Waals surface area contributed by atoms with E-state index in [4.69, 9.17) is 9.90 Å². The average molecular weight is 449 g/mol. The van der Waals surface area contributed by atoms with Crippen molar-refractivity contribution >= 4 is 44.7 Å². The molecule has 1 aromatic heterocycles. The molecule has 1 aliphatic heterocycles. The zero-order valence-electron chi connectivity index (χ0n) is 14.0. The number of rotatable bonds is 1. The van der Waals surface area contributed by atoms with Gasteiger partial charge < -0.3 is 15.4 Å². The van der Waals surface area contributed by atoms with Gasteiger partial charge in [0.2, 0.25) is 5.91 Å². The molecule has 27 heavy (non-hydrogen) atoms. The molecule has 4 N–H and O–H groups in total. The minimum Gasteiger partial charge on any atom is -0.475 e. The second kappa shape index (κ2) is 8.42. The Morgan fingerprint density at radius 1 is 1.37 bits per heavy atom. The summed E-state index contributed by atoms with van der Waals surface area (Å²) in [7, 11) is 0. The van der Waals surface area contributed by atoms with E-state index < -0.39 is 12.1 Å². The van der Waals surface area contributed by atoms with Gasteiger partial charge in [-0.2, -0.15) is 13.2 Å². The van der Waals surface area contributed by atoms with E-state index in [-0.39, 0.29) is 11.9 Å². The number of amides is 1. The number of nitrogens with one attached hydrogen (secondary N) is 3. The Morgan fingerprint density at radius 3 is 2.63 bits per heavy atom. The van der Waals surface area contributed by atoms with Crippen LogP contribution in [0.1, 0.15) is 24.9 Å². The second-order valence-electron chi connectivity index (χ2n) is 5.63. The third-order valence-corrected chi connectivity index (χ3v) is 4.08. The van der Waals surface area contributed by atoms with E-state index in [1.54, 1.807) is 0 Å². The maximum atomic E-state index is 11.1. The summed E-state index contributed by atoms with van der Waals surface area (Å²) in [5.41, 5.74) is 2.30. The number of carbonyl (C=O) groups excluding carboxylic acids is 1. The quantitative estimate of drug-likeness (QED) is 0.537. The summed E-state index contributed by atoms with van der Waals surface area (Å²) in [6.45, 7) is 2.19. The lowest BCUT2D eigenvalue weighted by atomic mass is 10.0. The van der Waals surface area contributed by atoms with Crippen molar-refractivity contribution in [3.63, 3.8) is 0 Å². The van der Waals surface area contributed by atoms with Gasteiger partial charge in [0.1, 0.15) is 0 Å². The topological polar surface area (TPSA) is 107 Å². The number of aromatic amines is 1. The summed E-state index contributed by atoms with van der Waals surface area (Å²) in [5, 5.41) is 14.3. The molecule has 2 aromatic rings. The van der Waals surface area contributed by atoms with Crippen molar-refractivity contribution in [2.75, 3.05) is 6.54 Å². The second-order valence-corrected chi connectivity index (χ2v) is 6.55. The molecule has 0 fully saturated rings. The normalized spacial score (nSPS) is 16.6. The van der Waals surface area contributed by atoms with Gasteiger partial charge in [-0.1, -0.05) is 15.9 Å². The molecule has 1 atom stereocenters. The molecule has 1 unspecified atom stereocenters. The number of aliphatic carboxylic acids is 1. The monoisotopic (exact) mass is 448 g/mol. The number of fused-ring (bicyclic) bond motifs is 1. The molecule has 3 rings (SSSR count). The van der Waals surface area contributed by atoms with Crippen LogP contribution in [0.5, 0.6) is 0 Å². The van der Waals surface area contributed by atoms with Crippen LogP contribution in [0.15, 0.2) is 33.9 Å². The van der Waals surface area contributed by atoms with Gasteiger partial charge in [0.05, 0.1) is 6.04 Å². The van der Waals surface area contributed by atoms with Crippen molar-refractivity contribution in [1.29, 1.82) is 0 Å². The minimum atomic E-state index is -5.08. The van der Waals surface area contributed by atoms with Gasteiger partial charge in [0.25, 0.3) is 0 Å². The van der Waals surface area contributed by atoms with Crippen LogP contribution in [-0.4, -0.2) is 40.6 Å². The lowest BCUT2D eigenvalue weighted by molar-refractivity contribution is -0.192. The highest BCUT2D eigenvalue weighted by atomic mass is 79.9. The number of carboxylic acids is 1. The number of alkyl halides is 3. The Balaban J connectivity index is 0.000000321. The smallest absolute Gasteiger partial charge is 0.475 e. The predicted molar refractivity (Wildman–Crippen MR) is 96.3 cm³/mol. The molecule has 7 nitrogen and oxygen atoms in total. The zero-order valence-corrected chi connectivity index (χ0v) is 15.6. The number of carbonyl (C=O) groups is 2. The van der Waals surface area contributed by atoms with Gasteiger partial charge in [-0.05, 0) is 30.2 Å². The lowest BCUT2D eigenvalue weighted by Gasteiger charge is -2.24. The van der Waals surface area contributed by atoms with Crippen molar-refractivity contribution in [2.24, 2.45) is 4.99 Å². The van der Waals surface area contributed by atoms with Gasteiger partial charge >= 0.3 is 12.1 Å². The summed E-state index contributed by atoms with van der Waals surface area (Å²) in [6.07, 6.45) is -2.16. The van der Waals surface area contributed by atoms with Crippen LogP contribution in [0.4, 0.5) is 13.2 Å². The number of aromatic nitrogens is 1. The standard InChI is InChI=1S/C14H15BrN4O.C2HF3O2/c1-8(20)18-14-16-5-4-13(19-14)11-7-17-12-3-2-9(15)6-10(11)12;3-2(4,5)1(6)7/h2-3,6-7,13,17H,4-5H2,1H3,(H2,16,18,19,20);(H,6,7). The van der Waals surface area contributed by atoms with E-state index in [0.717, 1.165) is 16.4 Å². The number of halogens is 4. The Bertz CT molecular complexity index is 879. The van der Waals surface area contributed by atoms with Crippen molar-refractivity contribution < 1.29 is 27.9 Å². The predicted octanol–water partition coefficient (Wildman–Crippen LogP) is 3.09. The van der Waals surface area contributed by atoms with Crippen molar-refractivity contribution in [2.45, 2.75) is 25.6 Å². The van der Waals surface area contributed by atoms with Crippen LogP contribution in [0.25, 0.3) is 10.9 Å². The molecule has 1 amide bonds. The molecule has 0 radical (unpaired) electrons. The molecular formula is C16H16BrF3N4O3. The molecule has 0 bridgehead atoms. The SMILES string of the molecule is CC(=O)NC1=NCCC(c2c[nH]c3ccc(Br)cc23)N1.O=C(O)C(F)(F)F. The Morgan fingerprint density at radius 2 is 2.04 bits per heavy atom. The number of guanidine groups is 1. The Hall–Kier alpha value is -2.56. The Kier molecular flexibility index (Phi) is 6.47. The Labute approximate surface area is 160 Å². The summed E-state index contributed by atoms with van der Waals surface area (Å²) in [4.78, 5) is 27.6. The molecule has 11 heteroatoms. The van der Waals surface area contributed by atoms with Crippen LogP contribution in [0.2, 0.25) is 0 Å². The third-order valence-electron chi connectivity index (χ3n) is 3.59. The molecular weight excluding hydrogens is 433 g/mol. The number of benzene rings is 1. The van der Waals surface area contributed by atoms with Crippen LogP contribution >= 0.6 is 15.9 Å². The van der Waals surface area contributed by atoms with Gasteiger partial charge in [-0.25, -0.2) is 4.79 Å². The third kappa shape index (κ3) is 5.71. The van der Waals surface area contributed by atoms with Crippen molar-refractivity contribution in [3.8, 4) is 0 Å². The number of hydrogen-bond acceptors (Lipinski definition) is 4. The molecule has 0 saturated carbocycles. The van der Waals surface area contributed by atoms with Gasteiger partial charge in [0, 0.05) is 35.0 Å². The minimum absolute atomic E-state index is 0.112. The number of aliphatic imine (C=N–C) groups is 1. The molecule has 146 valence electrons. The number of H-pyrrole nitrogens is 1. The highest BCUT2D eigenvalue weighted by molar-refractivity contribution is 9.10. The largest absolute Gasteiger partial charge is 0.490 e. The van der Waals surface area contributed by atoms with E-state index in [1.807, 2.05) is 12.3 Å². The van der Waals surface area contributed by atoms with E-state index in [1.165, 1.54) is 17.9 Å². The van der Waals surface area contributed by atoms with Gasteiger partial charge in [-0.3, -0.25) is 15.1 Å². The number of hydrogen-bond donors (Lipinski definition) is 4. The molecule has 1 aliphatic rings. The molecule has 2 heterocycles. The maximum absolute atomic E-state index is 11.1. The molecule has 0 aliphatic carbocycles. The molecule has 0 saturated heterocycles. The molecule has 0 spiro atoms. The van der Waals surface area contributed by atoms with Crippen LogP contribution in [0.3, 0.4) is 0 Å². The summed E-state index contributed by atoms with van der Waals surface area (Å²) in [6, 6.07) is 6.32. The van der Waals surface area contributed by atoms with Crippen molar-refractivity contribution in [1.82, 2.24) is 15.6 Å². The van der Waals surface area contributed by atoms with E-state index in [9.17, 15) is 18.0 Å². The zero-order chi connectivity index (χ0) is 20.2. The summed E-state index contributed by atoms with van der Waals surface area (Å²) < 4.78 is 32.8. The first-order valence-electron chi connectivity index (χ1n) is 7.73. The van der Waals surface area contributed by atoms with Crippen LogP contribution in [-0.2, 0) is 9.59 Å². The van der Waals surface area contributed by atoms with Gasteiger partial charge in [0.15, 0.2) is 5.96 Å². The van der Waals surface area contributed by atoms with E-state index >= 15 is 0 Å². The summed E-state index contributed by atoms with van der Waals surface area (Å²) >= 11 is 3.50. The summed E-state index contributed by atoms with van der Waals surface area (Å²) in [5.74, 6) is -2.32. The van der Waals surface area contributed by atoms with E-state index in [0.29, 0.717) is 12.5 Å². The highest BCUT2D eigenvalue weighted by Crippen LogP contribution is 2.29. The van der Waals surface area contributed by atoms with E-state index in [2.05, 4.69) is 48.7 Å². The number of carboxylic acid groups (broad SMARTS) is 1. The van der Waals surface area contributed by atoms with Crippen LogP contribution < -0.4 is 10.6 Å². The fourth-order valence-electron chi connectivity index (χ4n) is 2.47. The first-order chi connectivity index (χ1) is 12.6. The maximum Gasteiger partial charge on any atom is 0.490 e. The molecule has 1 aromatic carbocycles. The highest BCUT2D eigenvalue weighted by Gasteiger charge is 2.38. The fraction of sp³-hybridized carbons (Fsp3) is 0.312. The lowest BCUT2D eigenvalue weighted by Crippen LogP contribution is -2.44. The first-order valence-corrected chi connectivity index (χ1v) is 8.52. The van der Waals surface area contributed by atoms with Crippen LogP contribution in [0, 0.1) is 0 Å².